The first kappa shape index (κ1) is 16.9. The lowest BCUT2D eigenvalue weighted by molar-refractivity contribution is -0.140. The molecule has 106 valence electrons. The molecule has 1 unspecified atom stereocenters. The summed E-state index contributed by atoms with van der Waals surface area (Å²) in [6, 6.07) is -0.0661. The maximum atomic E-state index is 11.9. The summed E-state index contributed by atoms with van der Waals surface area (Å²) in [7, 11) is -0.892. The van der Waals surface area contributed by atoms with E-state index in [0.29, 0.717) is 0 Å². The molecule has 0 saturated heterocycles. The Balaban J connectivity index is 4.66. The Morgan fingerprint density at radius 2 is 1.72 bits per heavy atom. The highest BCUT2D eigenvalue weighted by molar-refractivity contribution is 7.92. The van der Waals surface area contributed by atoms with Crippen LogP contribution >= 0.6 is 0 Å². The molecule has 0 bridgehead atoms. The standard InChI is InChI=1S/C11H21NO5S/c1-8(2)12(4)10(13)7-18(15,16)9(3)6-11(14)17-5/h8-9H,6-7H2,1-5H3. The van der Waals surface area contributed by atoms with Crippen LogP contribution in [0.1, 0.15) is 27.2 Å². The Labute approximate surface area is 108 Å². The van der Waals surface area contributed by atoms with Crippen molar-refractivity contribution >= 4 is 21.7 Å². The quantitative estimate of drug-likeness (QED) is 0.650. The van der Waals surface area contributed by atoms with Crippen LogP contribution in [0.5, 0.6) is 0 Å². The first-order valence-corrected chi connectivity index (χ1v) is 7.37. The Hall–Kier alpha value is -1.11. The minimum Gasteiger partial charge on any atom is -0.469 e. The lowest BCUT2D eigenvalue weighted by Crippen LogP contribution is -2.39. The topological polar surface area (TPSA) is 80.8 Å². The third-order valence-corrected chi connectivity index (χ3v) is 4.83. The van der Waals surface area contributed by atoms with Crippen LogP contribution in [0.25, 0.3) is 0 Å². The van der Waals surface area contributed by atoms with Crippen molar-refractivity contribution in [2.24, 2.45) is 0 Å². The third kappa shape index (κ3) is 5.03. The van der Waals surface area contributed by atoms with Gasteiger partial charge < -0.3 is 9.64 Å². The number of esters is 1. The van der Waals surface area contributed by atoms with Crippen molar-refractivity contribution in [1.29, 1.82) is 0 Å². The SMILES string of the molecule is COC(=O)CC(C)S(=O)(=O)CC(=O)N(C)C(C)C. The molecular weight excluding hydrogens is 258 g/mol. The van der Waals surface area contributed by atoms with Gasteiger partial charge in [0.25, 0.3) is 0 Å². The fourth-order valence-electron chi connectivity index (χ4n) is 1.15. The zero-order chi connectivity index (χ0) is 14.5. The van der Waals surface area contributed by atoms with Gasteiger partial charge in [-0.3, -0.25) is 9.59 Å². The van der Waals surface area contributed by atoms with Gasteiger partial charge in [0, 0.05) is 13.1 Å². The minimum absolute atomic E-state index is 0.0661. The number of rotatable bonds is 6. The van der Waals surface area contributed by atoms with Gasteiger partial charge in [-0.05, 0) is 20.8 Å². The van der Waals surface area contributed by atoms with E-state index in [1.807, 2.05) is 0 Å². The summed E-state index contributed by atoms with van der Waals surface area (Å²) in [5, 5.41) is -0.922. The van der Waals surface area contributed by atoms with Gasteiger partial charge in [0.1, 0.15) is 5.75 Å². The molecule has 0 aromatic carbocycles. The van der Waals surface area contributed by atoms with Gasteiger partial charge in [0.2, 0.25) is 5.91 Å². The van der Waals surface area contributed by atoms with Gasteiger partial charge in [0.05, 0.1) is 18.8 Å². The zero-order valence-corrected chi connectivity index (χ0v) is 12.3. The van der Waals surface area contributed by atoms with Gasteiger partial charge in [0.15, 0.2) is 9.84 Å². The minimum atomic E-state index is -3.64. The highest BCUT2D eigenvalue weighted by Crippen LogP contribution is 2.09. The smallest absolute Gasteiger partial charge is 0.306 e. The molecule has 0 aliphatic rings. The Morgan fingerprint density at radius 1 is 1.22 bits per heavy atom. The molecular formula is C11H21NO5S. The fraction of sp³-hybridized carbons (Fsp3) is 0.818. The number of sulfone groups is 1. The van der Waals surface area contributed by atoms with Crippen LogP contribution in [0.15, 0.2) is 0 Å². The largest absolute Gasteiger partial charge is 0.469 e. The van der Waals surface area contributed by atoms with Crippen LogP contribution in [0.4, 0.5) is 0 Å². The molecule has 0 fully saturated rings. The fourth-order valence-corrected chi connectivity index (χ4v) is 2.37. The summed E-state index contributed by atoms with van der Waals surface area (Å²) in [6.45, 7) is 4.99. The van der Waals surface area contributed by atoms with Crippen molar-refractivity contribution in [3.05, 3.63) is 0 Å². The second kappa shape index (κ2) is 6.72. The highest BCUT2D eigenvalue weighted by atomic mass is 32.2. The number of ether oxygens (including phenoxy) is 1. The predicted molar refractivity (Wildman–Crippen MR) is 67.8 cm³/mol. The first-order valence-electron chi connectivity index (χ1n) is 5.65. The van der Waals surface area contributed by atoms with Crippen LogP contribution in [-0.4, -0.2) is 56.4 Å². The normalized spacial score (nSPS) is 13.2. The molecule has 0 radical (unpaired) electrons. The van der Waals surface area contributed by atoms with E-state index in [0.717, 1.165) is 0 Å². The molecule has 0 heterocycles. The van der Waals surface area contributed by atoms with Crippen molar-refractivity contribution in [1.82, 2.24) is 4.90 Å². The van der Waals surface area contributed by atoms with Crippen molar-refractivity contribution < 1.29 is 22.7 Å². The van der Waals surface area contributed by atoms with E-state index in [1.54, 1.807) is 20.9 Å². The number of hydrogen-bond acceptors (Lipinski definition) is 5. The molecule has 1 amide bonds. The molecule has 0 saturated carbocycles. The van der Waals surface area contributed by atoms with E-state index in [-0.39, 0.29) is 12.5 Å². The second-order valence-electron chi connectivity index (χ2n) is 4.50. The van der Waals surface area contributed by atoms with E-state index in [1.165, 1.54) is 18.9 Å². The van der Waals surface area contributed by atoms with Crippen molar-refractivity contribution in [2.75, 3.05) is 19.9 Å². The third-order valence-electron chi connectivity index (χ3n) is 2.79. The molecule has 1 atom stereocenters. The molecule has 18 heavy (non-hydrogen) atoms. The molecule has 0 N–H and O–H groups in total. The van der Waals surface area contributed by atoms with Gasteiger partial charge in [-0.2, -0.15) is 0 Å². The summed E-state index contributed by atoms with van der Waals surface area (Å²) < 4.78 is 28.1. The van der Waals surface area contributed by atoms with E-state index in [9.17, 15) is 18.0 Å². The lowest BCUT2D eigenvalue weighted by Gasteiger charge is -2.22. The van der Waals surface area contributed by atoms with E-state index >= 15 is 0 Å². The summed E-state index contributed by atoms with van der Waals surface area (Å²) in [6.07, 6.45) is -0.239. The molecule has 7 heteroatoms. The van der Waals surface area contributed by atoms with E-state index < -0.39 is 32.7 Å². The van der Waals surface area contributed by atoms with E-state index in [2.05, 4.69) is 4.74 Å². The number of methoxy groups -OCH3 is 1. The van der Waals surface area contributed by atoms with Gasteiger partial charge in [-0.15, -0.1) is 0 Å². The summed E-state index contributed by atoms with van der Waals surface area (Å²) in [5.74, 6) is -1.66. The molecule has 6 nitrogen and oxygen atoms in total. The molecule has 0 aliphatic heterocycles. The number of nitrogens with zero attached hydrogens (tertiary/aromatic N) is 1. The Morgan fingerprint density at radius 3 is 2.11 bits per heavy atom. The monoisotopic (exact) mass is 279 g/mol. The second-order valence-corrected chi connectivity index (χ2v) is 6.92. The van der Waals surface area contributed by atoms with Gasteiger partial charge in [-0.25, -0.2) is 8.42 Å². The van der Waals surface area contributed by atoms with Crippen LogP contribution in [0.2, 0.25) is 0 Å². The number of amides is 1. The van der Waals surface area contributed by atoms with Crippen molar-refractivity contribution in [2.45, 2.75) is 38.5 Å². The number of hydrogen-bond donors (Lipinski definition) is 0. The zero-order valence-electron chi connectivity index (χ0n) is 11.5. The van der Waals surface area contributed by atoms with Crippen LogP contribution < -0.4 is 0 Å². The predicted octanol–water partition coefficient (Wildman–Crippen LogP) is 0.220. The van der Waals surface area contributed by atoms with Crippen LogP contribution in [0.3, 0.4) is 0 Å². The van der Waals surface area contributed by atoms with Gasteiger partial charge >= 0.3 is 5.97 Å². The summed E-state index contributed by atoms with van der Waals surface area (Å²) >= 11 is 0. The molecule has 0 spiro atoms. The van der Waals surface area contributed by atoms with E-state index in [4.69, 9.17) is 0 Å². The summed E-state index contributed by atoms with van der Waals surface area (Å²) in [5.41, 5.74) is 0. The average molecular weight is 279 g/mol. The summed E-state index contributed by atoms with van der Waals surface area (Å²) in [4.78, 5) is 24.1. The molecule has 0 aromatic rings. The number of carbonyl (C=O) groups excluding carboxylic acids is 2. The Kier molecular flexibility index (Phi) is 6.31. The van der Waals surface area contributed by atoms with Crippen LogP contribution in [-0.2, 0) is 24.2 Å². The van der Waals surface area contributed by atoms with Crippen molar-refractivity contribution in [3.8, 4) is 0 Å². The molecule has 0 rings (SSSR count). The molecule has 0 aromatic heterocycles. The van der Waals surface area contributed by atoms with Crippen LogP contribution in [0, 0.1) is 0 Å². The maximum Gasteiger partial charge on any atom is 0.306 e. The van der Waals surface area contributed by atoms with Crippen molar-refractivity contribution in [3.63, 3.8) is 0 Å². The van der Waals surface area contributed by atoms with Gasteiger partial charge in [-0.1, -0.05) is 0 Å². The highest BCUT2D eigenvalue weighted by Gasteiger charge is 2.28. The first-order chi connectivity index (χ1) is 8.11. The number of carbonyl (C=O) groups is 2. The lowest BCUT2D eigenvalue weighted by atomic mass is 10.3. The average Bonchev–Trinajstić information content (AvgIpc) is 2.26. The maximum absolute atomic E-state index is 11.9. The molecule has 0 aliphatic carbocycles. The Bertz CT molecular complexity index is 402.